The summed E-state index contributed by atoms with van der Waals surface area (Å²) in [5.74, 6) is 0. The first-order valence-corrected chi connectivity index (χ1v) is 8.83. The van der Waals surface area contributed by atoms with Crippen LogP contribution in [0.25, 0.3) is 0 Å². The van der Waals surface area contributed by atoms with Crippen LogP contribution >= 0.6 is 43.2 Å². The molecule has 1 N–H and O–H groups in total. The molecule has 1 aromatic carbocycles. The van der Waals surface area contributed by atoms with Gasteiger partial charge in [-0.1, -0.05) is 37.3 Å². The monoisotopic (exact) mass is 401 g/mol. The van der Waals surface area contributed by atoms with Crippen LogP contribution in [0.2, 0.25) is 0 Å². The van der Waals surface area contributed by atoms with Crippen molar-refractivity contribution in [3.8, 4) is 0 Å². The average molecular weight is 403 g/mol. The van der Waals surface area contributed by atoms with Crippen molar-refractivity contribution < 1.29 is 0 Å². The lowest BCUT2D eigenvalue weighted by atomic mass is 10.0. The summed E-state index contributed by atoms with van der Waals surface area (Å²) in [6, 6.07) is 13.3. The molecule has 1 nitrogen and oxygen atoms in total. The van der Waals surface area contributed by atoms with Gasteiger partial charge in [0.25, 0.3) is 0 Å². The lowest BCUT2D eigenvalue weighted by Gasteiger charge is -2.17. The lowest BCUT2D eigenvalue weighted by molar-refractivity contribution is 0.536. The topological polar surface area (TPSA) is 12.0 Å². The molecule has 0 aliphatic carbocycles. The maximum atomic E-state index is 3.64. The fraction of sp³-hybridized carbons (Fsp3) is 0.333. The van der Waals surface area contributed by atoms with Gasteiger partial charge in [-0.2, -0.15) is 0 Å². The summed E-state index contributed by atoms with van der Waals surface area (Å²) < 4.78 is 2.31. The van der Waals surface area contributed by atoms with Crippen molar-refractivity contribution in [2.24, 2.45) is 0 Å². The molecule has 0 aliphatic heterocycles. The van der Waals surface area contributed by atoms with E-state index in [1.165, 1.54) is 14.2 Å². The van der Waals surface area contributed by atoms with Gasteiger partial charge in [0.15, 0.2) is 0 Å². The van der Waals surface area contributed by atoms with Crippen molar-refractivity contribution in [1.82, 2.24) is 5.32 Å². The molecule has 0 fully saturated rings. The molecule has 0 saturated heterocycles. The van der Waals surface area contributed by atoms with E-state index in [0.29, 0.717) is 6.04 Å². The molecule has 2 rings (SSSR count). The zero-order valence-electron chi connectivity index (χ0n) is 10.8. The van der Waals surface area contributed by atoms with Crippen molar-refractivity contribution >= 4 is 43.2 Å². The molecule has 1 atom stereocenters. The van der Waals surface area contributed by atoms with Gasteiger partial charge in [0.2, 0.25) is 0 Å². The highest BCUT2D eigenvalue weighted by Crippen LogP contribution is 2.36. The second-order valence-corrected chi connectivity index (χ2v) is 7.72. The van der Waals surface area contributed by atoms with E-state index in [2.05, 4.69) is 80.5 Å². The second-order valence-electron chi connectivity index (χ2n) is 4.47. The Balaban J connectivity index is 2.15. The first-order valence-electron chi connectivity index (χ1n) is 6.42. The van der Waals surface area contributed by atoms with Gasteiger partial charge in [0.05, 0.1) is 3.79 Å². The number of hydrogen-bond donors (Lipinski definition) is 1. The summed E-state index contributed by atoms with van der Waals surface area (Å²) in [5, 5.41) is 3.64. The van der Waals surface area contributed by atoms with Crippen LogP contribution < -0.4 is 5.32 Å². The molecule has 1 aromatic heterocycles. The third-order valence-corrected chi connectivity index (χ3v) is 6.30. The van der Waals surface area contributed by atoms with E-state index in [0.717, 1.165) is 23.9 Å². The summed E-state index contributed by atoms with van der Waals surface area (Å²) in [5.41, 5.74) is 1.37. The molecule has 0 spiro atoms. The summed E-state index contributed by atoms with van der Waals surface area (Å²) in [4.78, 5) is 1.37. The van der Waals surface area contributed by atoms with Crippen LogP contribution in [-0.2, 0) is 6.42 Å². The Kier molecular flexibility index (Phi) is 6.07. The molecular formula is C15H17Br2NS. The van der Waals surface area contributed by atoms with E-state index in [-0.39, 0.29) is 0 Å². The second kappa shape index (κ2) is 7.58. The minimum Gasteiger partial charge on any atom is -0.309 e. The molecule has 0 saturated carbocycles. The lowest BCUT2D eigenvalue weighted by Crippen LogP contribution is -2.23. The highest BCUT2D eigenvalue weighted by molar-refractivity contribution is 9.13. The van der Waals surface area contributed by atoms with Crippen molar-refractivity contribution in [2.75, 3.05) is 6.54 Å². The van der Waals surface area contributed by atoms with Gasteiger partial charge >= 0.3 is 0 Å². The molecule has 0 bridgehead atoms. The van der Waals surface area contributed by atoms with Gasteiger partial charge in [0, 0.05) is 15.4 Å². The summed E-state index contributed by atoms with van der Waals surface area (Å²) in [6.45, 7) is 3.25. The molecule has 102 valence electrons. The highest BCUT2D eigenvalue weighted by atomic mass is 79.9. The quantitative estimate of drug-likeness (QED) is 0.667. The predicted octanol–water partition coefficient (Wildman–Crippen LogP) is 5.56. The van der Waals surface area contributed by atoms with Gasteiger partial charge in [-0.3, -0.25) is 0 Å². The van der Waals surface area contributed by atoms with Crippen LogP contribution in [0.3, 0.4) is 0 Å². The van der Waals surface area contributed by atoms with Crippen LogP contribution in [0.5, 0.6) is 0 Å². The zero-order valence-corrected chi connectivity index (χ0v) is 14.8. The highest BCUT2D eigenvalue weighted by Gasteiger charge is 2.15. The number of nitrogens with one attached hydrogen (secondary N) is 1. The minimum absolute atomic E-state index is 0.384. The maximum Gasteiger partial charge on any atom is 0.0843 e. The van der Waals surface area contributed by atoms with Crippen molar-refractivity contribution in [1.29, 1.82) is 0 Å². The van der Waals surface area contributed by atoms with Crippen LogP contribution in [-0.4, -0.2) is 6.54 Å². The van der Waals surface area contributed by atoms with Crippen LogP contribution in [0, 0.1) is 0 Å². The Morgan fingerprint density at radius 2 is 1.95 bits per heavy atom. The number of thiophene rings is 1. The van der Waals surface area contributed by atoms with Crippen molar-refractivity contribution in [3.63, 3.8) is 0 Å². The van der Waals surface area contributed by atoms with E-state index in [1.54, 1.807) is 11.3 Å². The Morgan fingerprint density at radius 1 is 1.21 bits per heavy atom. The normalized spacial score (nSPS) is 12.6. The Morgan fingerprint density at radius 3 is 2.53 bits per heavy atom. The standard InChI is InChI=1S/C15H17Br2NS/c1-2-8-18-13(9-11-6-4-3-5-7-11)14-10-12(16)15(17)19-14/h3-7,10,13,18H,2,8-9H2,1H3. The Bertz CT molecular complexity index is 491. The number of benzene rings is 1. The number of hydrogen-bond acceptors (Lipinski definition) is 2. The molecule has 4 heteroatoms. The summed E-state index contributed by atoms with van der Waals surface area (Å²) >= 11 is 8.96. The van der Waals surface area contributed by atoms with E-state index < -0.39 is 0 Å². The van der Waals surface area contributed by atoms with Crippen molar-refractivity contribution in [2.45, 2.75) is 25.8 Å². The van der Waals surface area contributed by atoms with Crippen LogP contribution in [0.4, 0.5) is 0 Å². The number of rotatable bonds is 6. The number of halogens is 2. The van der Waals surface area contributed by atoms with E-state index >= 15 is 0 Å². The smallest absolute Gasteiger partial charge is 0.0843 e. The van der Waals surface area contributed by atoms with E-state index in [1.807, 2.05) is 0 Å². The third-order valence-electron chi connectivity index (χ3n) is 2.93. The van der Waals surface area contributed by atoms with Crippen LogP contribution in [0.15, 0.2) is 44.7 Å². The zero-order chi connectivity index (χ0) is 13.7. The Labute approximate surface area is 135 Å². The molecule has 2 aromatic rings. The molecule has 0 amide bonds. The van der Waals surface area contributed by atoms with E-state index in [4.69, 9.17) is 0 Å². The molecular weight excluding hydrogens is 386 g/mol. The summed E-state index contributed by atoms with van der Waals surface area (Å²) in [7, 11) is 0. The first kappa shape index (κ1) is 15.2. The van der Waals surface area contributed by atoms with Crippen LogP contribution in [0.1, 0.15) is 29.8 Å². The largest absolute Gasteiger partial charge is 0.309 e. The molecule has 19 heavy (non-hydrogen) atoms. The third kappa shape index (κ3) is 4.42. The molecule has 0 radical (unpaired) electrons. The molecule has 1 heterocycles. The fourth-order valence-electron chi connectivity index (χ4n) is 1.98. The van der Waals surface area contributed by atoms with E-state index in [9.17, 15) is 0 Å². The van der Waals surface area contributed by atoms with Gasteiger partial charge in [-0.15, -0.1) is 11.3 Å². The maximum absolute atomic E-state index is 3.64. The minimum atomic E-state index is 0.384. The first-order chi connectivity index (χ1) is 9.20. The van der Waals surface area contributed by atoms with Crippen molar-refractivity contribution in [3.05, 3.63) is 55.1 Å². The Hall–Kier alpha value is -0.160. The fourth-order valence-corrected chi connectivity index (χ4v) is 4.14. The predicted molar refractivity (Wildman–Crippen MR) is 90.9 cm³/mol. The van der Waals surface area contributed by atoms with Gasteiger partial charge < -0.3 is 5.32 Å². The molecule has 1 unspecified atom stereocenters. The van der Waals surface area contributed by atoms with Gasteiger partial charge in [-0.25, -0.2) is 0 Å². The SMILES string of the molecule is CCCNC(Cc1ccccc1)c1cc(Br)c(Br)s1. The van der Waals surface area contributed by atoms with Gasteiger partial charge in [0.1, 0.15) is 0 Å². The average Bonchev–Trinajstić information content (AvgIpc) is 2.76. The molecule has 0 aliphatic rings. The van der Waals surface area contributed by atoms with Gasteiger partial charge in [-0.05, 0) is 62.9 Å². The summed E-state index contributed by atoms with van der Waals surface area (Å²) in [6.07, 6.45) is 2.18.